The molecule has 2 N–H and O–H groups in total. The lowest BCUT2D eigenvalue weighted by atomic mass is 10.1. The van der Waals surface area contributed by atoms with Crippen molar-refractivity contribution in [1.29, 1.82) is 0 Å². The fourth-order valence-electron chi connectivity index (χ4n) is 2.06. The lowest BCUT2D eigenvalue weighted by Gasteiger charge is -2.13. The SMILES string of the molecule is CCCC(C)CNCCNCC(C)CCC. The van der Waals surface area contributed by atoms with Crippen LogP contribution in [0.15, 0.2) is 0 Å². The zero-order chi connectivity index (χ0) is 12.2. The maximum Gasteiger partial charge on any atom is 0.00768 e. The summed E-state index contributed by atoms with van der Waals surface area (Å²) in [5.41, 5.74) is 0. The van der Waals surface area contributed by atoms with Crippen molar-refractivity contribution < 1.29 is 0 Å². The van der Waals surface area contributed by atoms with Crippen molar-refractivity contribution in [2.45, 2.75) is 53.4 Å². The molecule has 0 aliphatic carbocycles. The Bertz CT molecular complexity index is 121. The molecule has 0 aromatic heterocycles. The molecule has 0 rings (SSSR count). The predicted molar refractivity (Wildman–Crippen MR) is 73.9 cm³/mol. The molecule has 2 nitrogen and oxygen atoms in total. The van der Waals surface area contributed by atoms with Crippen LogP contribution in [0.5, 0.6) is 0 Å². The van der Waals surface area contributed by atoms with Gasteiger partial charge in [-0.15, -0.1) is 0 Å². The van der Waals surface area contributed by atoms with Crippen LogP contribution in [-0.4, -0.2) is 26.2 Å². The van der Waals surface area contributed by atoms with E-state index in [1.807, 2.05) is 0 Å². The van der Waals surface area contributed by atoms with E-state index in [1.54, 1.807) is 0 Å². The highest BCUT2D eigenvalue weighted by Crippen LogP contribution is 2.03. The van der Waals surface area contributed by atoms with Crippen LogP contribution in [0, 0.1) is 11.8 Å². The van der Waals surface area contributed by atoms with Gasteiger partial charge in [-0.3, -0.25) is 0 Å². The molecule has 0 spiro atoms. The summed E-state index contributed by atoms with van der Waals surface area (Å²) in [5, 5.41) is 7.03. The van der Waals surface area contributed by atoms with Gasteiger partial charge < -0.3 is 10.6 Å². The first-order valence-electron chi connectivity index (χ1n) is 7.12. The van der Waals surface area contributed by atoms with Crippen LogP contribution >= 0.6 is 0 Å². The lowest BCUT2D eigenvalue weighted by molar-refractivity contribution is 0.449. The number of rotatable bonds is 11. The molecule has 0 aliphatic rings. The van der Waals surface area contributed by atoms with Gasteiger partial charge in [-0.2, -0.15) is 0 Å². The number of hydrogen-bond donors (Lipinski definition) is 2. The molecule has 0 fully saturated rings. The van der Waals surface area contributed by atoms with E-state index in [4.69, 9.17) is 0 Å². The smallest absolute Gasteiger partial charge is 0.00768 e. The first-order chi connectivity index (χ1) is 7.70. The van der Waals surface area contributed by atoms with E-state index in [2.05, 4.69) is 38.3 Å². The van der Waals surface area contributed by atoms with Crippen LogP contribution in [0.2, 0.25) is 0 Å². The molecule has 0 amide bonds. The topological polar surface area (TPSA) is 24.1 Å². The second-order valence-corrected chi connectivity index (χ2v) is 5.20. The molecule has 2 unspecified atom stereocenters. The van der Waals surface area contributed by atoms with Crippen molar-refractivity contribution in [2.24, 2.45) is 11.8 Å². The van der Waals surface area contributed by atoms with Crippen LogP contribution in [0.25, 0.3) is 0 Å². The zero-order valence-electron chi connectivity index (χ0n) is 11.8. The molecule has 0 aromatic rings. The van der Waals surface area contributed by atoms with Gasteiger partial charge in [0.2, 0.25) is 0 Å². The Morgan fingerprint density at radius 1 is 0.750 bits per heavy atom. The molecule has 16 heavy (non-hydrogen) atoms. The fraction of sp³-hybridized carbons (Fsp3) is 1.00. The largest absolute Gasteiger partial charge is 0.315 e. The molecule has 2 atom stereocenters. The van der Waals surface area contributed by atoms with Crippen molar-refractivity contribution in [3.63, 3.8) is 0 Å². The average Bonchev–Trinajstić information content (AvgIpc) is 2.24. The summed E-state index contributed by atoms with van der Waals surface area (Å²) in [5.74, 6) is 1.65. The maximum absolute atomic E-state index is 3.51. The molecule has 0 aromatic carbocycles. The molecule has 0 saturated heterocycles. The van der Waals surface area contributed by atoms with Gasteiger partial charge in [0.05, 0.1) is 0 Å². The second-order valence-electron chi connectivity index (χ2n) is 5.20. The Balaban J connectivity index is 3.15. The van der Waals surface area contributed by atoms with Crippen LogP contribution in [-0.2, 0) is 0 Å². The zero-order valence-corrected chi connectivity index (χ0v) is 11.8. The average molecular weight is 228 g/mol. The van der Waals surface area contributed by atoms with Gasteiger partial charge in [0.25, 0.3) is 0 Å². The highest BCUT2D eigenvalue weighted by atomic mass is 14.9. The Labute approximate surface area is 103 Å². The molecule has 0 heterocycles. The van der Waals surface area contributed by atoms with Crippen molar-refractivity contribution in [1.82, 2.24) is 10.6 Å². The summed E-state index contributed by atoms with van der Waals surface area (Å²) in [6, 6.07) is 0. The standard InChI is InChI=1S/C14H32N2/c1-5-7-13(3)11-15-9-10-16-12-14(4)8-6-2/h13-16H,5-12H2,1-4H3. The van der Waals surface area contributed by atoms with E-state index in [9.17, 15) is 0 Å². The molecule has 0 bridgehead atoms. The molecule has 0 saturated carbocycles. The molecular weight excluding hydrogens is 196 g/mol. The molecule has 98 valence electrons. The van der Waals surface area contributed by atoms with E-state index in [0.717, 1.165) is 24.9 Å². The highest BCUT2D eigenvalue weighted by Gasteiger charge is 2.00. The quantitative estimate of drug-likeness (QED) is 0.531. The number of hydrogen-bond acceptors (Lipinski definition) is 2. The first-order valence-corrected chi connectivity index (χ1v) is 7.12. The summed E-state index contributed by atoms with van der Waals surface area (Å²) in [6.45, 7) is 13.7. The third kappa shape index (κ3) is 10.4. The monoisotopic (exact) mass is 228 g/mol. The van der Waals surface area contributed by atoms with Gasteiger partial charge in [0.15, 0.2) is 0 Å². The third-order valence-corrected chi connectivity index (χ3v) is 3.03. The van der Waals surface area contributed by atoms with E-state index in [0.29, 0.717) is 0 Å². The normalized spacial score (nSPS) is 15.0. The van der Waals surface area contributed by atoms with Gasteiger partial charge in [0.1, 0.15) is 0 Å². The summed E-state index contributed by atoms with van der Waals surface area (Å²) in [6.07, 6.45) is 5.28. The molecular formula is C14H32N2. The van der Waals surface area contributed by atoms with Crippen molar-refractivity contribution >= 4 is 0 Å². The van der Waals surface area contributed by atoms with Gasteiger partial charge >= 0.3 is 0 Å². The summed E-state index contributed by atoms with van der Waals surface area (Å²) < 4.78 is 0. The Hall–Kier alpha value is -0.0800. The van der Waals surface area contributed by atoms with Crippen LogP contribution in [0.1, 0.15) is 53.4 Å². The Kier molecular flexibility index (Phi) is 11.3. The maximum atomic E-state index is 3.51. The van der Waals surface area contributed by atoms with Gasteiger partial charge in [0, 0.05) is 13.1 Å². The minimum Gasteiger partial charge on any atom is -0.315 e. The number of nitrogens with one attached hydrogen (secondary N) is 2. The van der Waals surface area contributed by atoms with E-state index < -0.39 is 0 Å². The van der Waals surface area contributed by atoms with Gasteiger partial charge in [-0.05, 0) is 37.8 Å². The third-order valence-electron chi connectivity index (χ3n) is 3.03. The summed E-state index contributed by atoms with van der Waals surface area (Å²) in [4.78, 5) is 0. The minimum atomic E-state index is 0.823. The molecule has 0 aliphatic heterocycles. The van der Waals surface area contributed by atoms with E-state index in [-0.39, 0.29) is 0 Å². The highest BCUT2D eigenvalue weighted by molar-refractivity contribution is 4.60. The Morgan fingerprint density at radius 2 is 1.12 bits per heavy atom. The van der Waals surface area contributed by atoms with Gasteiger partial charge in [-0.25, -0.2) is 0 Å². The second kappa shape index (κ2) is 11.4. The minimum absolute atomic E-state index is 0.823. The predicted octanol–water partition coefficient (Wildman–Crippen LogP) is 3.04. The summed E-state index contributed by atoms with van der Waals surface area (Å²) in [7, 11) is 0. The fourth-order valence-corrected chi connectivity index (χ4v) is 2.06. The van der Waals surface area contributed by atoms with Crippen molar-refractivity contribution in [2.75, 3.05) is 26.2 Å². The first kappa shape index (κ1) is 15.9. The van der Waals surface area contributed by atoms with Crippen molar-refractivity contribution in [3.8, 4) is 0 Å². The van der Waals surface area contributed by atoms with Crippen LogP contribution < -0.4 is 10.6 Å². The van der Waals surface area contributed by atoms with E-state index in [1.165, 1.54) is 38.8 Å². The molecule has 0 radical (unpaired) electrons. The van der Waals surface area contributed by atoms with Crippen LogP contribution in [0.3, 0.4) is 0 Å². The van der Waals surface area contributed by atoms with Crippen molar-refractivity contribution in [3.05, 3.63) is 0 Å². The van der Waals surface area contributed by atoms with E-state index >= 15 is 0 Å². The lowest BCUT2D eigenvalue weighted by Crippen LogP contribution is -2.32. The van der Waals surface area contributed by atoms with Gasteiger partial charge in [-0.1, -0.05) is 40.5 Å². The molecule has 2 heteroatoms. The summed E-state index contributed by atoms with van der Waals surface area (Å²) >= 11 is 0. The van der Waals surface area contributed by atoms with Crippen LogP contribution in [0.4, 0.5) is 0 Å². The Morgan fingerprint density at radius 3 is 1.44 bits per heavy atom.